The second kappa shape index (κ2) is 12.8. The lowest BCUT2D eigenvalue weighted by molar-refractivity contribution is -0.156. The highest BCUT2D eigenvalue weighted by Gasteiger charge is 2.29. The zero-order valence-electron chi connectivity index (χ0n) is 26.2. The molecule has 2 aliphatic rings. The minimum Gasteiger partial charge on any atom is -0.508 e. The van der Waals surface area contributed by atoms with Crippen LogP contribution in [0.15, 0.2) is 66.7 Å². The first-order valence-corrected chi connectivity index (χ1v) is 16.5. The number of nitrogens with zero attached hydrogens (tertiary/aromatic N) is 3. The standard InChI is InChI=1S/C36H41N3O5S/c1-36(2,3)44-32(42)23-37-18-20-39(21-19-37)27-14-16-38(17-15-27)26-8-4-24(5-9-26)34(43)33-30-13-12-29(41)22-31(30)45-35(33)25-6-10-28(40)11-7-25/h4-13,22,27,40-41H,14-21,23H2,1-3H3. The van der Waals surface area contributed by atoms with Crippen molar-refractivity contribution in [3.05, 3.63) is 77.9 Å². The van der Waals surface area contributed by atoms with Gasteiger partial charge in [0.25, 0.3) is 0 Å². The van der Waals surface area contributed by atoms with Crippen LogP contribution in [0.2, 0.25) is 0 Å². The number of ether oxygens (including phenoxy) is 1. The van der Waals surface area contributed by atoms with E-state index in [1.54, 1.807) is 30.3 Å². The van der Waals surface area contributed by atoms with E-state index in [0.717, 1.165) is 78.3 Å². The highest BCUT2D eigenvalue weighted by Crippen LogP contribution is 2.41. The van der Waals surface area contributed by atoms with Crippen molar-refractivity contribution < 1.29 is 24.5 Å². The summed E-state index contributed by atoms with van der Waals surface area (Å²) in [4.78, 5) is 34.2. The molecule has 45 heavy (non-hydrogen) atoms. The fourth-order valence-corrected chi connectivity index (χ4v) is 7.67. The van der Waals surface area contributed by atoms with Crippen LogP contribution in [0, 0.1) is 0 Å². The van der Waals surface area contributed by atoms with Crippen LogP contribution in [0.3, 0.4) is 0 Å². The van der Waals surface area contributed by atoms with Crippen LogP contribution in [0.4, 0.5) is 5.69 Å². The zero-order valence-corrected chi connectivity index (χ0v) is 27.0. The molecule has 0 spiro atoms. The van der Waals surface area contributed by atoms with E-state index in [1.807, 2.05) is 57.2 Å². The third-order valence-electron chi connectivity index (χ3n) is 8.69. The van der Waals surface area contributed by atoms with Gasteiger partial charge in [-0.1, -0.05) is 0 Å². The molecule has 2 saturated heterocycles. The van der Waals surface area contributed by atoms with Crippen LogP contribution >= 0.6 is 11.3 Å². The van der Waals surface area contributed by atoms with Crippen molar-refractivity contribution in [3.8, 4) is 21.9 Å². The van der Waals surface area contributed by atoms with E-state index in [4.69, 9.17) is 4.74 Å². The number of piperidine rings is 1. The number of esters is 1. The van der Waals surface area contributed by atoms with E-state index in [1.165, 1.54) is 11.3 Å². The summed E-state index contributed by atoms with van der Waals surface area (Å²) in [7, 11) is 0. The molecule has 0 amide bonds. The summed E-state index contributed by atoms with van der Waals surface area (Å²) in [5.41, 5.74) is 2.74. The third kappa shape index (κ3) is 7.16. The Morgan fingerprint density at radius 3 is 2.13 bits per heavy atom. The molecular formula is C36H41N3O5S. The number of anilines is 1. The Labute approximate surface area is 268 Å². The van der Waals surface area contributed by atoms with E-state index in [9.17, 15) is 19.8 Å². The average Bonchev–Trinajstić information content (AvgIpc) is 3.39. The zero-order chi connectivity index (χ0) is 31.7. The first-order chi connectivity index (χ1) is 21.5. The van der Waals surface area contributed by atoms with Crippen molar-refractivity contribution in [1.29, 1.82) is 0 Å². The summed E-state index contributed by atoms with van der Waals surface area (Å²) in [6.07, 6.45) is 2.16. The van der Waals surface area contributed by atoms with Crippen molar-refractivity contribution in [2.75, 3.05) is 50.7 Å². The number of thiophene rings is 1. The SMILES string of the molecule is CC(C)(C)OC(=O)CN1CCN(C2CCN(c3ccc(C(=O)c4c(-c5ccc(O)cc5)sc5cc(O)ccc45)cc3)CC2)CC1. The van der Waals surface area contributed by atoms with E-state index < -0.39 is 5.60 Å². The smallest absolute Gasteiger partial charge is 0.320 e. The molecule has 1 aromatic heterocycles. The number of rotatable bonds is 7. The molecule has 2 fully saturated rings. The lowest BCUT2D eigenvalue weighted by Gasteiger charge is -2.43. The van der Waals surface area contributed by atoms with Gasteiger partial charge in [0.15, 0.2) is 5.78 Å². The normalized spacial score (nSPS) is 17.1. The molecule has 6 rings (SSSR count). The van der Waals surface area contributed by atoms with Gasteiger partial charge in [0.05, 0.1) is 6.54 Å². The Bertz CT molecular complexity index is 1660. The summed E-state index contributed by atoms with van der Waals surface area (Å²) < 4.78 is 6.33. The van der Waals surface area contributed by atoms with Gasteiger partial charge >= 0.3 is 5.97 Å². The third-order valence-corrected chi connectivity index (χ3v) is 9.89. The van der Waals surface area contributed by atoms with Gasteiger partial charge in [-0.25, -0.2) is 0 Å². The summed E-state index contributed by atoms with van der Waals surface area (Å²) in [6.45, 7) is 11.7. The Balaban J connectivity index is 1.08. The molecule has 0 radical (unpaired) electrons. The van der Waals surface area contributed by atoms with E-state index in [-0.39, 0.29) is 23.3 Å². The monoisotopic (exact) mass is 627 g/mol. The number of carbonyl (C=O) groups excluding carboxylic acids is 2. The van der Waals surface area contributed by atoms with Crippen molar-refractivity contribution >= 4 is 38.9 Å². The highest BCUT2D eigenvalue weighted by atomic mass is 32.1. The van der Waals surface area contributed by atoms with Gasteiger partial charge in [0.2, 0.25) is 0 Å². The summed E-state index contributed by atoms with van der Waals surface area (Å²) in [5, 5.41) is 20.7. The van der Waals surface area contributed by atoms with Gasteiger partial charge in [-0.15, -0.1) is 11.3 Å². The molecule has 0 unspecified atom stereocenters. The van der Waals surface area contributed by atoms with Gasteiger partial charge in [-0.05, 0) is 106 Å². The minimum absolute atomic E-state index is 0.0638. The molecule has 3 aromatic carbocycles. The second-order valence-corrected chi connectivity index (χ2v) is 14.1. The maximum absolute atomic E-state index is 14.0. The number of aromatic hydroxyl groups is 2. The van der Waals surface area contributed by atoms with Crippen molar-refractivity contribution in [2.45, 2.75) is 45.3 Å². The Kier molecular flexibility index (Phi) is 8.86. The number of piperazine rings is 1. The Morgan fingerprint density at radius 2 is 1.49 bits per heavy atom. The van der Waals surface area contributed by atoms with Crippen molar-refractivity contribution in [2.24, 2.45) is 0 Å². The van der Waals surface area contributed by atoms with Crippen LogP contribution in [0.1, 0.15) is 49.5 Å². The molecule has 0 aliphatic carbocycles. The molecule has 4 aromatic rings. The molecular weight excluding hydrogens is 586 g/mol. The number of phenols is 2. The highest BCUT2D eigenvalue weighted by molar-refractivity contribution is 7.22. The molecule has 3 heterocycles. The van der Waals surface area contributed by atoms with Crippen molar-refractivity contribution in [1.82, 2.24) is 9.80 Å². The molecule has 0 saturated carbocycles. The van der Waals surface area contributed by atoms with Crippen LogP contribution in [-0.2, 0) is 9.53 Å². The van der Waals surface area contributed by atoms with Crippen LogP contribution < -0.4 is 4.90 Å². The first-order valence-electron chi connectivity index (χ1n) is 15.7. The maximum Gasteiger partial charge on any atom is 0.320 e. The number of fused-ring (bicyclic) bond motifs is 1. The summed E-state index contributed by atoms with van der Waals surface area (Å²) in [5.74, 6) is 0.112. The van der Waals surface area contributed by atoms with Gasteiger partial charge in [-0.2, -0.15) is 0 Å². The van der Waals surface area contributed by atoms with Gasteiger partial charge in [0.1, 0.15) is 17.1 Å². The van der Waals surface area contributed by atoms with Gasteiger partial charge in [-0.3, -0.25) is 19.4 Å². The molecule has 2 N–H and O–H groups in total. The van der Waals surface area contributed by atoms with E-state index >= 15 is 0 Å². The van der Waals surface area contributed by atoms with Crippen LogP contribution in [0.25, 0.3) is 20.5 Å². The largest absolute Gasteiger partial charge is 0.508 e. The average molecular weight is 628 g/mol. The lowest BCUT2D eigenvalue weighted by atomic mass is 9.97. The minimum atomic E-state index is -0.453. The molecule has 0 bridgehead atoms. The number of carbonyl (C=O) groups is 2. The number of hydrogen-bond acceptors (Lipinski definition) is 9. The summed E-state index contributed by atoms with van der Waals surface area (Å²) in [6, 6.07) is 20.4. The number of ketones is 1. The van der Waals surface area contributed by atoms with E-state index in [0.29, 0.717) is 23.7 Å². The fraction of sp³-hybridized carbons (Fsp3) is 0.389. The predicted molar refractivity (Wildman–Crippen MR) is 180 cm³/mol. The Morgan fingerprint density at radius 1 is 0.844 bits per heavy atom. The lowest BCUT2D eigenvalue weighted by Crippen LogP contribution is -2.54. The molecule has 2 aliphatic heterocycles. The predicted octanol–water partition coefficient (Wildman–Crippen LogP) is 6.14. The van der Waals surface area contributed by atoms with Crippen LogP contribution in [0.5, 0.6) is 11.5 Å². The first kappa shape index (κ1) is 31.1. The number of phenolic OH excluding ortho intramolecular Hbond substituents is 2. The molecule has 8 nitrogen and oxygen atoms in total. The summed E-state index contributed by atoms with van der Waals surface area (Å²) >= 11 is 1.46. The fourth-order valence-electron chi connectivity index (χ4n) is 6.43. The van der Waals surface area contributed by atoms with Crippen LogP contribution in [-0.4, -0.2) is 89.2 Å². The van der Waals surface area contributed by atoms with Crippen molar-refractivity contribution in [3.63, 3.8) is 0 Å². The molecule has 9 heteroatoms. The maximum atomic E-state index is 14.0. The quantitative estimate of drug-likeness (QED) is 0.187. The topological polar surface area (TPSA) is 93.6 Å². The van der Waals surface area contributed by atoms with Gasteiger partial charge in [0, 0.05) is 77.1 Å². The number of benzene rings is 3. The molecule has 0 atom stereocenters. The Hall–Kier alpha value is -3.92. The van der Waals surface area contributed by atoms with Gasteiger partial charge < -0.3 is 19.8 Å². The second-order valence-electron chi connectivity index (χ2n) is 13.0. The molecule has 236 valence electrons. The number of hydrogen-bond donors (Lipinski definition) is 2. The van der Waals surface area contributed by atoms with E-state index in [2.05, 4.69) is 14.7 Å².